The minimum absolute atomic E-state index is 0.358. The zero-order valence-electron chi connectivity index (χ0n) is 6.25. The van der Waals surface area contributed by atoms with E-state index in [0.717, 1.165) is 9.37 Å². The Kier molecular flexibility index (Phi) is 4.15. The number of rotatable bonds is 3. The number of hydrogen-bond donors (Lipinski definition) is 1. The molecule has 0 aliphatic carbocycles. The molecule has 0 radical (unpaired) electrons. The van der Waals surface area contributed by atoms with Crippen molar-refractivity contribution in [1.82, 2.24) is 4.72 Å². The monoisotopic (exact) mass is 242 g/mol. The molecule has 1 N–H and O–H groups in total. The Morgan fingerprint density at radius 1 is 1.58 bits per heavy atom. The van der Waals surface area contributed by atoms with Crippen LogP contribution in [0.5, 0.6) is 0 Å². The fourth-order valence-corrected chi connectivity index (χ4v) is 1.87. The summed E-state index contributed by atoms with van der Waals surface area (Å²) in [5, 5.41) is 8.26. The lowest BCUT2D eigenvalue weighted by Crippen LogP contribution is -2.01. The maximum Gasteiger partial charge on any atom is 0.0935 e. The number of hydrogen-bond acceptors (Lipinski definition) is 3. The van der Waals surface area contributed by atoms with Gasteiger partial charge < -0.3 is 0 Å². The minimum Gasteiger partial charge on any atom is -0.246 e. The Bertz CT molecular complexity index is 295. The standard InChI is InChI=1S/C8H7BrN2S/c9-7-2-1-3-8(6-7)12-11-5-4-10/h1-3,6,11H,5H2. The smallest absolute Gasteiger partial charge is 0.0935 e. The second-order valence-electron chi connectivity index (χ2n) is 2.04. The first kappa shape index (κ1) is 9.59. The quantitative estimate of drug-likeness (QED) is 0.503. The topological polar surface area (TPSA) is 35.8 Å². The molecule has 4 heteroatoms. The summed E-state index contributed by atoms with van der Waals surface area (Å²) >= 11 is 4.82. The van der Waals surface area contributed by atoms with Gasteiger partial charge in [0.1, 0.15) is 0 Å². The third-order valence-electron chi connectivity index (χ3n) is 1.14. The van der Waals surface area contributed by atoms with Crippen LogP contribution in [0.2, 0.25) is 0 Å². The SMILES string of the molecule is N#CCNSc1cccc(Br)c1. The number of nitrogens with zero attached hydrogens (tertiary/aromatic N) is 1. The summed E-state index contributed by atoms with van der Waals surface area (Å²) in [6.07, 6.45) is 0. The number of nitrogens with one attached hydrogen (secondary N) is 1. The first-order valence-electron chi connectivity index (χ1n) is 3.35. The predicted molar refractivity (Wildman–Crippen MR) is 53.6 cm³/mol. The Hall–Kier alpha value is -0.500. The van der Waals surface area contributed by atoms with Crippen molar-refractivity contribution in [3.05, 3.63) is 28.7 Å². The summed E-state index contributed by atoms with van der Waals surface area (Å²) in [7, 11) is 0. The van der Waals surface area contributed by atoms with Gasteiger partial charge in [-0.1, -0.05) is 22.0 Å². The van der Waals surface area contributed by atoms with Crippen LogP contribution in [0.15, 0.2) is 33.6 Å². The van der Waals surface area contributed by atoms with E-state index in [9.17, 15) is 0 Å². The van der Waals surface area contributed by atoms with Gasteiger partial charge >= 0.3 is 0 Å². The van der Waals surface area contributed by atoms with Crippen molar-refractivity contribution in [2.24, 2.45) is 0 Å². The van der Waals surface area contributed by atoms with Crippen LogP contribution in [0.1, 0.15) is 0 Å². The molecule has 0 unspecified atom stereocenters. The van der Waals surface area contributed by atoms with Gasteiger partial charge in [-0.15, -0.1) is 0 Å². The van der Waals surface area contributed by atoms with E-state index in [1.807, 2.05) is 30.3 Å². The average Bonchev–Trinajstić information content (AvgIpc) is 2.05. The molecule has 12 heavy (non-hydrogen) atoms. The van der Waals surface area contributed by atoms with Crippen LogP contribution < -0.4 is 4.72 Å². The molecule has 62 valence electrons. The summed E-state index contributed by atoms with van der Waals surface area (Å²) in [6.45, 7) is 0.358. The molecule has 0 saturated carbocycles. The van der Waals surface area contributed by atoms with E-state index in [2.05, 4.69) is 20.7 Å². The third-order valence-corrected chi connectivity index (χ3v) is 2.41. The number of halogens is 1. The summed E-state index contributed by atoms with van der Waals surface area (Å²) in [5.41, 5.74) is 0. The van der Waals surface area contributed by atoms with Crippen LogP contribution in [0.3, 0.4) is 0 Å². The highest BCUT2D eigenvalue weighted by Crippen LogP contribution is 2.18. The fourth-order valence-electron chi connectivity index (χ4n) is 0.682. The molecule has 0 aliphatic rings. The summed E-state index contributed by atoms with van der Waals surface area (Å²) < 4.78 is 3.96. The lowest BCUT2D eigenvalue weighted by Gasteiger charge is -1.99. The third kappa shape index (κ3) is 3.26. The fraction of sp³-hybridized carbons (Fsp3) is 0.125. The number of benzene rings is 1. The van der Waals surface area contributed by atoms with Gasteiger partial charge in [0.15, 0.2) is 0 Å². The molecule has 2 nitrogen and oxygen atoms in total. The van der Waals surface area contributed by atoms with Crippen molar-refractivity contribution < 1.29 is 0 Å². The Labute approximate surface area is 84.2 Å². The van der Waals surface area contributed by atoms with Crippen LogP contribution in [-0.2, 0) is 0 Å². The molecule has 0 aliphatic heterocycles. The van der Waals surface area contributed by atoms with Crippen LogP contribution >= 0.6 is 27.9 Å². The van der Waals surface area contributed by atoms with Crippen molar-refractivity contribution in [3.8, 4) is 6.07 Å². The Morgan fingerprint density at radius 2 is 2.42 bits per heavy atom. The maximum absolute atomic E-state index is 8.26. The molecule has 0 fully saturated rings. The highest BCUT2D eigenvalue weighted by Gasteiger charge is 1.92. The van der Waals surface area contributed by atoms with Gasteiger partial charge in [0.2, 0.25) is 0 Å². The van der Waals surface area contributed by atoms with Gasteiger partial charge in [-0.2, -0.15) is 5.26 Å². The van der Waals surface area contributed by atoms with E-state index in [1.54, 1.807) is 0 Å². The van der Waals surface area contributed by atoms with Gasteiger partial charge in [0.05, 0.1) is 12.6 Å². The summed E-state index contributed by atoms with van der Waals surface area (Å²) in [4.78, 5) is 1.10. The molecular formula is C8H7BrN2S. The molecule has 0 aromatic heterocycles. The second-order valence-corrected chi connectivity index (χ2v) is 3.92. The van der Waals surface area contributed by atoms with Crippen molar-refractivity contribution in [1.29, 1.82) is 5.26 Å². The maximum atomic E-state index is 8.26. The van der Waals surface area contributed by atoms with E-state index >= 15 is 0 Å². The molecule has 0 spiro atoms. The van der Waals surface area contributed by atoms with E-state index in [4.69, 9.17) is 5.26 Å². The molecule has 0 amide bonds. The predicted octanol–water partition coefficient (Wildman–Crippen LogP) is 2.57. The molecule has 1 rings (SSSR count). The minimum atomic E-state index is 0.358. The summed E-state index contributed by atoms with van der Waals surface area (Å²) in [6, 6.07) is 9.92. The normalized spacial score (nSPS) is 9.33. The highest BCUT2D eigenvalue weighted by atomic mass is 79.9. The zero-order chi connectivity index (χ0) is 8.81. The highest BCUT2D eigenvalue weighted by molar-refractivity contribution is 9.10. The molecular weight excluding hydrogens is 236 g/mol. The van der Waals surface area contributed by atoms with Crippen molar-refractivity contribution in [3.63, 3.8) is 0 Å². The van der Waals surface area contributed by atoms with Gasteiger partial charge in [-0.05, 0) is 30.1 Å². The Balaban J connectivity index is 2.48. The van der Waals surface area contributed by atoms with Crippen LogP contribution in [-0.4, -0.2) is 6.54 Å². The first-order chi connectivity index (χ1) is 5.83. The van der Waals surface area contributed by atoms with Crippen molar-refractivity contribution in [2.45, 2.75) is 4.90 Å². The van der Waals surface area contributed by atoms with Gasteiger partial charge in [0.25, 0.3) is 0 Å². The second kappa shape index (κ2) is 5.20. The van der Waals surface area contributed by atoms with Gasteiger partial charge in [0, 0.05) is 9.37 Å². The zero-order valence-corrected chi connectivity index (χ0v) is 8.65. The Morgan fingerprint density at radius 3 is 3.08 bits per heavy atom. The van der Waals surface area contributed by atoms with Crippen LogP contribution in [0, 0.1) is 11.3 Å². The molecule has 0 saturated heterocycles. The molecule has 1 aromatic carbocycles. The van der Waals surface area contributed by atoms with E-state index < -0.39 is 0 Å². The van der Waals surface area contributed by atoms with Crippen LogP contribution in [0.4, 0.5) is 0 Å². The van der Waals surface area contributed by atoms with Crippen molar-refractivity contribution in [2.75, 3.05) is 6.54 Å². The van der Waals surface area contributed by atoms with E-state index in [-0.39, 0.29) is 0 Å². The average molecular weight is 243 g/mol. The van der Waals surface area contributed by atoms with E-state index in [0.29, 0.717) is 6.54 Å². The lowest BCUT2D eigenvalue weighted by molar-refractivity contribution is 1.13. The van der Waals surface area contributed by atoms with Crippen LogP contribution in [0.25, 0.3) is 0 Å². The molecule has 1 aromatic rings. The first-order valence-corrected chi connectivity index (χ1v) is 4.96. The summed E-state index contributed by atoms with van der Waals surface area (Å²) in [5.74, 6) is 0. The molecule has 0 bridgehead atoms. The van der Waals surface area contributed by atoms with E-state index in [1.165, 1.54) is 11.9 Å². The number of nitriles is 1. The lowest BCUT2D eigenvalue weighted by atomic mass is 10.4. The van der Waals surface area contributed by atoms with Gasteiger partial charge in [-0.25, -0.2) is 4.72 Å². The molecule has 0 atom stereocenters. The van der Waals surface area contributed by atoms with Crippen molar-refractivity contribution >= 4 is 27.9 Å². The largest absolute Gasteiger partial charge is 0.246 e. The molecule has 0 heterocycles. The van der Waals surface area contributed by atoms with Gasteiger partial charge in [-0.3, -0.25) is 0 Å².